The van der Waals surface area contributed by atoms with Crippen molar-refractivity contribution in [1.82, 2.24) is 15.5 Å². The van der Waals surface area contributed by atoms with Gasteiger partial charge in [0.1, 0.15) is 11.8 Å². The fourth-order valence-corrected chi connectivity index (χ4v) is 12.4. The van der Waals surface area contributed by atoms with Gasteiger partial charge in [-0.25, -0.2) is 9.59 Å². The van der Waals surface area contributed by atoms with Crippen LogP contribution in [0.4, 0.5) is 0 Å². The van der Waals surface area contributed by atoms with Gasteiger partial charge in [-0.1, -0.05) is 36.4 Å². The SMILES string of the molecule is COc1cc2c(cc1O)CCN[C@]21CS[C@@H]2c3c(OC(=O)/C=C/c4ccccc4)c(C)c4c(c3[C@H](CCOC1=O)N1C2C2NC(Cc3cc(C)c(OC)c(O)c32)[C@@H]1C#N)OCO4. The Hall–Kier alpha value is -5.92. The van der Waals surface area contributed by atoms with Crippen LogP contribution in [0.25, 0.3) is 6.08 Å². The quantitative estimate of drug-likeness (QED) is 0.109. The molecule has 320 valence electrons. The Bertz CT molecular complexity index is 2600. The van der Waals surface area contributed by atoms with E-state index in [-0.39, 0.29) is 48.9 Å². The van der Waals surface area contributed by atoms with E-state index in [0.29, 0.717) is 70.2 Å². The summed E-state index contributed by atoms with van der Waals surface area (Å²) in [6, 6.07) is 14.7. The summed E-state index contributed by atoms with van der Waals surface area (Å²) in [5.74, 6) is 0.832. The molecular weight excluding hydrogens is 813 g/mol. The average molecular weight is 859 g/mol. The maximum atomic E-state index is 14.8. The van der Waals surface area contributed by atoms with Crippen molar-refractivity contribution in [2.75, 3.05) is 39.9 Å². The molecule has 10 rings (SSSR count). The molecule has 3 unspecified atom stereocenters. The molecule has 4 aromatic rings. The monoisotopic (exact) mass is 858 g/mol. The number of hydrogen-bond acceptors (Lipinski definition) is 15. The predicted molar refractivity (Wildman–Crippen MR) is 228 cm³/mol. The minimum absolute atomic E-state index is 0.0218. The molecule has 1 fully saturated rings. The number of rotatable bonds is 5. The number of hydrogen-bond donors (Lipinski definition) is 4. The summed E-state index contributed by atoms with van der Waals surface area (Å²) in [6.07, 6.45) is 4.34. The van der Waals surface area contributed by atoms with Gasteiger partial charge in [-0.05, 0) is 72.7 Å². The molecule has 1 saturated heterocycles. The molecule has 6 aliphatic rings. The lowest BCUT2D eigenvalue weighted by Crippen LogP contribution is -2.68. The second-order valence-electron chi connectivity index (χ2n) is 16.6. The van der Waals surface area contributed by atoms with Gasteiger partial charge in [-0.15, -0.1) is 11.8 Å². The van der Waals surface area contributed by atoms with E-state index < -0.39 is 46.9 Å². The summed E-state index contributed by atoms with van der Waals surface area (Å²) in [6.45, 7) is 4.05. The second-order valence-corrected chi connectivity index (χ2v) is 17.7. The number of cyclic esters (lactones) is 1. The van der Waals surface area contributed by atoms with Crippen molar-refractivity contribution in [2.45, 2.75) is 74.1 Å². The molecule has 4 aromatic carbocycles. The van der Waals surface area contributed by atoms with E-state index in [1.165, 1.54) is 32.1 Å². The highest BCUT2D eigenvalue weighted by molar-refractivity contribution is 7.99. The number of nitrogens with one attached hydrogen (secondary N) is 2. The van der Waals surface area contributed by atoms with E-state index in [0.717, 1.165) is 22.3 Å². The van der Waals surface area contributed by atoms with Gasteiger partial charge in [0, 0.05) is 65.2 Å². The molecule has 62 heavy (non-hydrogen) atoms. The lowest BCUT2D eigenvalue weighted by molar-refractivity contribution is -0.152. The first-order valence-corrected chi connectivity index (χ1v) is 21.8. The van der Waals surface area contributed by atoms with E-state index in [2.05, 4.69) is 21.6 Å². The number of phenols is 2. The zero-order valence-corrected chi connectivity index (χ0v) is 35.5. The van der Waals surface area contributed by atoms with Gasteiger partial charge < -0.3 is 44.0 Å². The van der Waals surface area contributed by atoms with E-state index in [9.17, 15) is 25.1 Å². The topological polar surface area (TPSA) is 181 Å². The van der Waals surface area contributed by atoms with Gasteiger partial charge >= 0.3 is 11.9 Å². The molecule has 7 atom stereocenters. The normalized spacial score (nSPS) is 26.9. The summed E-state index contributed by atoms with van der Waals surface area (Å²) in [7, 11) is 3.00. The second kappa shape index (κ2) is 15.5. The Morgan fingerprint density at radius 1 is 1.02 bits per heavy atom. The Labute approximate surface area is 362 Å². The molecule has 14 nitrogen and oxygen atoms in total. The van der Waals surface area contributed by atoms with Gasteiger partial charge in [-0.2, -0.15) is 5.26 Å². The van der Waals surface area contributed by atoms with Gasteiger partial charge in [0.2, 0.25) is 6.79 Å². The summed E-state index contributed by atoms with van der Waals surface area (Å²) >= 11 is 1.47. The van der Waals surface area contributed by atoms with Crippen LogP contribution < -0.4 is 34.3 Å². The number of nitriles is 1. The number of carbonyl (C=O) groups excluding carboxylic acids is 2. The number of piperazine rings is 1. The fourth-order valence-electron chi connectivity index (χ4n) is 10.7. The third-order valence-corrected chi connectivity index (χ3v) is 14.8. The van der Waals surface area contributed by atoms with Crippen LogP contribution in [0.15, 0.2) is 54.6 Å². The highest BCUT2D eigenvalue weighted by Crippen LogP contribution is 2.63. The number of aryl methyl sites for hydroxylation is 1. The minimum atomic E-state index is -1.40. The summed E-state index contributed by atoms with van der Waals surface area (Å²) in [4.78, 5) is 31.0. The zero-order chi connectivity index (χ0) is 43.0. The molecule has 0 saturated carbocycles. The molecule has 0 aromatic heterocycles. The number of esters is 2. The van der Waals surface area contributed by atoms with Crippen LogP contribution in [0.3, 0.4) is 0 Å². The maximum absolute atomic E-state index is 14.8. The van der Waals surface area contributed by atoms with Crippen molar-refractivity contribution >= 4 is 29.8 Å². The van der Waals surface area contributed by atoms with Crippen molar-refractivity contribution in [3.63, 3.8) is 0 Å². The first-order valence-electron chi connectivity index (χ1n) is 20.8. The van der Waals surface area contributed by atoms with Crippen molar-refractivity contribution in [1.29, 1.82) is 5.26 Å². The van der Waals surface area contributed by atoms with Gasteiger partial charge in [0.15, 0.2) is 40.0 Å². The molecule has 1 spiro atoms. The van der Waals surface area contributed by atoms with E-state index in [1.54, 1.807) is 18.2 Å². The smallest absolute Gasteiger partial charge is 0.336 e. The third-order valence-electron chi connectivity index (χ3n) is 13.3. The Morgan fingerprint density at radius 3 is 2.60 bits per heavy atom. The lowest BCUT2D eigenvalue weighted by atomic mass is 9.72. The third kappa shape index (κ3) is 6.10. The van der Waals surface area contributed by atoms with Crippen LogP contribution >= 0.6 is 11.8 Å². The Morgan fingerprint density at radius 2 is 1.82 bits per heavy atom. The standard InChI is InChI=1S/C47H46N4O10S/c1-23-16-27-17-29-31(20-48)51-30-13-15-58-46(55)47(28-19-33(56-3)32(52)18-26(28)12-14-49-47)21-62-45(39(51)38(50-29)35(27)40(54)41(23)57-4)37-36(30)44-43(59-22-60-44)24(2)42(37)61-34(53)11-10-25-8-6-5-7-9-25/h5-11,16,18-19,29-31,38-39,45,49-50,52,54H,12-15,17,21-22H2,1-4H3/b11-10+/t29?,30-,31-,38?,39?,45+,47+/m0/s1. The fraction of sp³-hybridized carbons (Fsp3) is 0.383. The highest BCUT2D eigenvalue weighted by Gasteiger charge is 2.59. The van der Waals surface area contributed by atoms with Crippen LogP contribution in [0, 0.1) is 25.2 Å². The largest absolute Gasteiger partial charge is 0.504 e. The van der Waals surface area contributed by atoms with Gasteiger partial charge in [0.05, 0.1) is 38.2 Å². The molecule has 6 aliphatic heterocycles. The summed E-state index contributed by atoms with van der Waals surface area (Å²) < 4.78 is 36.6. The molecular formula is C47H46N4O10S. The number of ether oxygens (including phenoxy) is 6. The van der Waals surface area contributed by atoms with Crippen LogP contribution in [0.5, 0.6) is 40.2 Å². The van der Waals surface area contributed by atoms with Crippen molar-refractivity contribution < 1.29 is 48.2 Å². The van der Waals surface area contributed by atoms with Crippen LogP contribution in [0.2, 0.25) is 0 Å². The molecule has 15 heteroatoms. The molecule has 0 amide bonds. The number of phenolic OH excluding ortho intramolecular Hbond substituents is 2. The van der Waals surface area contributed by atoms with E-state index in [1.807, 2.05) is 50.2 Å². The molecule has 4 bridgehead atoms. The number of thioether (sulfide) groups is 1. The predicted octanol–water partition coefficient (Wildman–Crippen LogP) is 5.73. The molecule has 0 aliphatic carbocycles. The first kappa shape index (κ1) is 40.2. The van der Waals surface area contributed by atoms with E-state index >= 15 is 0 Å². The Kier molecular flexibility index (Phi) is 10.0. The summed E-state index contributed by atoms with van der Waals surface area (Å²) in [5, 5.41) is 40.9. The summed E-state index contributed by atoms with van der Waals surface area (Å²) in [5.41, 5.74) is 5.12. The van der Waals surface area contributed by atoms with Crippen LogP contribution in [-0.4, -0.2) is 85.1 Å². The van der Waals surface area contributed by atoms with Gasteiger partial charge in [0.25, 0.3) is 0 Å². The van der Waals surface area contributed by atoms with Crippen LogP contribution in [0.1, 0.15) is 73.8 Å². The minimum Gasteiger partial charge on any atom is -0.504 e. The maximum Gasteiger partial charge on any atom is 0.336 e. The van der Waals surface area contributed by atoms with Crippen molar-refractivity contribution in [3.05, 3.63) is 105 Å². The lowest BCUT2D eigenvalue weighted by Gasteiger charge is -2.59. The number of fused-ring (bicyclic) bond motifs is 11. The zero-order valence-electron chi connectivity index (χ0n) is 34.7. The number of aromatic hydroxyl groups is 2. The number of nitrogens with zero attached hydrogens (tertiary/aromatic N) is 2. The Balaban J connectivity index is 1.22. The number of carbonyl (C=O) groups is 2. The number of methoxy groups -OCH3 is 2. The number of benzene rings is 4. The molecule has 6 heterocycles. The van der Waals surface area contributed by atoms with Gasteiger partial charge in [-0.3, -0.25) is 10.2 Å². The van der Waals surface area contributed by atoms with Crippen molar-refractivity contribution in [3.8, 4) is 46.3 Å². The average Bonchev–Trinajstić information content (AvgIpc) is 3.76. The molecule has 0 radical (unpaired) electrons. The first-order chi connectivity index (χ1) is 30.1. The van der Waals surface area contributed by atoms with Crippen LogP contribution in [-0.2, 0) is 32.7 Å². The highest BCUT2D eigenvalue weighted by atomic mass is 32.2. The molecule has 4 N–H and O–H groups in total. The van der Waals surface area contributed by atoms with E-state index in [4.69, 9.17) is 28.4 Å². The van der Waals surface area contributed by atoms with Crippen molar-refractivity contribution in [2.24, 2.45) is 0 Å².